The van der Waals surface area contributed by atoms with Gasteiger partial charge in [-0.1, -0.05) is 13.8 Å². The zero-order valence-electron chi connectivity index (χ0n) is 12.4. The Morgan fingerprint density at radius 3 is 2.65 bits per heavy atom. The van der Waals surface area contributed by atoms with Crippen LogP contribution in [-0.2, 0) is 14.6 Å². The van der Waals surface area contributed by atoms with E-state index < -0.39 is 9.84 Å². The molecule has 1 atom stereocenters. The van der Waals surface area contributed by atoms with Gasteiger partial charge in [0, 0.05) is 13.0 Å². The van der Waals surface area contributed by atoms with Gasteiger partial charge in [0.05, 0.1) is 11.5 Å². The second-order valence-corrected chi connectivity index (χ2v) is 8.00. The van der Waals surface area contributed by atoms with Crippen molar-refractivity contribution in [1.29, 1.82) is 0 Å². The van der Waals surface area contributed by atoms with Crippen molar-refractivity contribution in [3.8, 4) is 0 Å². The van der Waals surface area contributed by atoms with Gasteiger partial charge >= 0.3 is 0 Å². The van der Waals surface area contributed by atoms with Crippen LogP contribution in [0.2, 0.25) is 0 Å². The molecule has 5 nitrogen and oxygen atoms in total. The fraction of sp³-hybridized carbons (Fsp3) is 0.923. The Bertz CT molecular complexity index is 379. The normalized spacial score (nSPS) is 19.4. The summed E-state index contributed by atoms with van der Waals surface area (Å²) in [7, 11) is -3.09. The maximum Gasteiger partial charge on any atom is 0.221 e. The van der Waals surface area contributed by atoms with Crippen molar-refractivity contribution in [2.75, 3.05) is 31.1 Å². The van der Waals surface area contributed by atoms with Gasteiger partial charge in [-0.05, 0) is 37.8 Å². The molecule has 0 spiro atoms. The van der Waals surface area contributed by atoms with Crippen LogP contribution >= 0.6 is 12.4 Å². The van der Waals surface area contributed by atoms with E-state index in [1.54, 1.807) is 0 Å². The molecule has 0 aromatic heterocycles. The lowest BCUT2D eigenvalue weighted by Gasteiger charge is -2.22. The summed E-state index contributed by atoms with van der Waals surface area (Å²) in [4.78, 5) is 11.6. The molecule has 2 N–H and O–H groups in total. The van der Waals surface area contributed by atoms with Gasteiger partial charge in [0.2, 0.25) is 5.91 Å². The van der Waals surface area contributed by atoms with Crippen LogP contribution in [0, 0.1) is 11.8 Å². The second kappa shape index (κ2) is 9.58. The first-order chi connectivity index (χ1) is 8.89. The summed E-state index contributed by atoms with van der Waals surface area (Å²) in [6.45, 7) is 6.38. The van der Waals surface area contributed by atoms with Gasteiger partial charge in [0.25, 0.3) is 0 Å². The topological polar surface area (TPSA) is 75.3 Å². The van der Waals surface area contributed by atoms with E-state index >= 15 is 0 Å². The summed E-state index contributed by atoms with van der Waals surface area (Å²) in [5, 5.41) is 6.12. The van der Waals surface area contributed by atoms with Crippen molar-refractivity contribution in [2.45, 2.75) is 33.1 Å². The Labute approximate surface area is 128 Å². The minimum atomic E-state index is -3.09. The van der Waals surface area contributed by atoms with Crippen LogP contribution in [0.25, 0.3) is 0 Å². The number of carbonyl (C=O) groups is 1. The molecule has 0 aromatic carbocycles. The van der Waals surface area contributed by atoms with E-state index in [4.69, 9.17) is 0 Å². The Hall–Kier alpha value is -0.330. The van der Waals surface area contributed by atoms with Crippen LogP contribution in [0.5, 0.6) is 0 Å². The summed E-state index contributed by atoms with van der Waals surface area (Å²) in [6.07, 6.45) is 2.34. The standard InChI is InChI=1S/C13H26N2O3S.ClH/c1-11(2)10-19(17,18)7-5-13(16)15-9-12-4-3-6-14-8-12;/h11-12,14H,3-10H2,1-2H3,(H,15,16);1H. The molecule has 0 saturated carbocycles. The van der Waals surface area contributed by atoms with E-state index in [2.05, 4.69) is 10.6 Å². The lowest BCUT2D eigenvalue weighted by atomic mass is 10.00. The summed E-state index contributed by atoms with van der Waals surface area (Å²) in [6, 6.07) is 0. The highest BCUT2D eigenvalue weighted by molar-refractivity contribution is 7.91. The van der Waals surface area contributed by atoms with Crippen LogP contribution < -0.4 is 10.6 Å². The molecule has 0 radical (unpaired) electrons. The third-order valence-electron chi connectivity index (χ3n) is 3.21. The molecule has 1 heterocycles. The number of nitrogens with one attached hydrogen (secondary N) is 2. The van der Waals surface area contributed by atoms with Gasteiger partial charge < -0.3 is 10.6 Å². The van der Waals surface area contributed by atoms with Gasteiger partial charge in [-0.25, -0.2) is 8.42 Å². The molecule has 1 aliphatic heterocycles. The van der Waals surface area contributed by atoms with E-state index in [0.717, 1.165) is 25.9 Å². The Morgan fingerprint density at radius 2 is 2.10 bits per heavy atom. The minimum absolute atomic E-state index is 0. The predicted octanol–water partition coefficient (Wildman–Crippen LogP) is 0.985. The molecule has 0 aliphatic carbocycles. The number of sulfone groups is 1. The van der Waals surface area contributed by atoms with E-state index in [0.29, 0.717) is 12.5 Å². The van der Waals surface area contributed by atoms with Crippen molar-refractivity contribution in [3.63, 3.8) is 0 Å². The molecule has 120 valence electrons. The molecule has 1 saturated heterocycles. The second-order valence-electron chi connectivity index (χ2n) is 5.77. The van der Waals surface area contributed by atoms with E-state index in [1.807, 2.05) is 13.8 Å². The largest absolute Gasteiger partial charge is 0.356 e. The Balaban J connectivity index is 0.00000361. The lowest BCUT2D eigenvalue weighted by Crippen LogP contribution is -2.38. The lowest BCUT2D eigenvalue weighted by molar-refractivity contribution is -0.120. The predicted molar refractivity (Wildman–Crippen MR) is 84.0 cm³/mol. The van der Waals surface area contributed by atoms with Gasteiger partial charge in [0.1, 0.15) is 0 Å². The number of amides is 1. The maximum absolute atomic E-state index is 11.7. The zero-order valence-corrected chi connectivity index (χ0v) is 14.0. The number of hydrogen-bond donors (Lipinski definition) is 2. The first-order valence-corrected chi connectivity index (χ1v) is 8.89. The number of piperidine rings is 1. The van der Waals surface area contributed by atoms with Crippen molar-refractivity contribution >= 4 is 28.2 Å². The monoisotopic (exact) mass is 326 g/mol. The van der Waals surface area contributed by atoms with Crippen molar-refractivity contribution in [1.82, 2.24) is 10.6 Å². The summed E-state index contributed by atoms with van der Waals surface area (Å²) in [5.41, 5.74) is 0. The first-order valence-electron chi connectivity index (χ1n) is 7.07. The van der Waals surface area contributed by atoms with Crippen molar-refractivity contribution in [3.05, 3.63) is 0 Å². The molecule has 0 bridgehead atoms. The van der Waals surface area contributed by atoms with E-state index in [9.17, 15) is 13.2 Å². The average molecular weight is 327 g/mol. The summed E-state index contributed by atoms with van der Waals surface area (Å²) in [5.74, 6) is 0.552. The smallest absolute Gasteiger partial charge is 0.221 e. The minimum Gasteiger partial charge on any atom is -0.356 e. The third-order valence-corrected chi connectivity index (χ3v) is 5.21. The van der Waals surface area contributed by atoms with Crippen molar-refractivity contribution < 1.29 is 13.2 Å². The average Bonchev–Trinajstić information content (AvgIpc) is 2.34. The van der Waals surface area contributed by atoms with Crippen LogP contribution in [-0.4, -0.2) is 45.5 Å². The molecule has 1 amide bonds. The molecule has 1 aliphatic rings. The fourth-order valence-electron chi connectivity index (χ4n) is 2.28. The van der Waals surface area contributed by atoms with Gasteiger partial charge in [-0.15, -0.1) is 12.4 Å². The molecule has 1 fully saturated rings. The van der Waals surface area contributed by atoms with Crippen LogP contribution in [0.3, 0.4) is 0 Å². The van der Waals surface area contributed by atoms with Crippen molar-refractivity contribution in [2.24, 2.45) is 11.8 Å². The van der Waals surface area contributed by atoms with Gasteiger partial charge in [0.15, 0.2) is 9.84 Å². The van der Waals surface area contributed by atoms with Crippen LogP contribution in [0.1, 0.15) is 33.1 Å². The summed E-state index contributed by atoms with van der Waals surface area (Å²) < 4.78 is 23.3. The van der Waals surface area contributed by atoms with Gasteiger partial charge in [-0.2, -0.15) is 0 Å². The SMILES string of the molecule is CC(C)CS(=O)(=O)CCC(=O)NCC1CCCNC1.Cl. The third kappa shape index (κ3) is 8.76. The number of rotatable bonds is 7. The number of carbonyl (C=O) groups excluding carboxylic acids is 1. The van der Waals surface area contributed by atoms with Gasteiger partial charge in [-0.3, -0.25) is 4.79 Å². The number of hydrogen-bond acceptors (Lipinski definition) is 4. The molecule has 7 heteroatoms. The fourth-order valence-corrected chi connectivity index (χ4v) is 3.96. The first kappa shape index (κ1) is 19.7. The quantitative estimate of drug-likeness (QED) is 0.731. The molecule has 0 aromatic rings. The molecule has 1 rings (SSSR count). The van der Waals surface area contributed by atoms with E-state index in [1.165, 1.54) is 0 Å². The molecular formula is C13H27ClN2O3S. The Morgan fingerprint density at radius 1 is 1.40 bits per heavy atom. The van der Waals surface area contributed by atoms with Crippen LogP contribution in [0.15, 0.2) is 0 Å². The molecular weight excluding hydrogens is 300 g/mol. The highest BCUT2D eigenvalue weighted by Gasteiger charge is 2.17. The number of halogens is 1. The highest BCUT2D eigenvalue weighted by atomic mass is 35.5. The maximum atomic E-state index is 11.7. The molecule has 20 heavy (non-hydrogen) atoms. The molecule has 1 unspecified atom stereocenters. The van der Waals surface area contributed by atoms with E-state index in [-0.39, 0.29) is 42.2 Å². The summed E-state index contributed by atoms with van der Waals surface area (Å²) >= 11 is 0. The Kier molecular flexibility index (Phi) is 9.42. The highest BCUT2D eigenvalue weighted by Crippen LogP contribution is 2.08. The zero-order chi connectivity index (χ0) is 14.3. The van der Waals surface area contributed by atoms with Crippen LogP contribution in [0.4, 0.5) is 0 Å².